The summed E-state index contributed by atoms with van der Waals surface area (Å²) in [6.07, 6.45) is 4.62. The zero-order valence-electron chi connectivity index (χ0n) is 11.2. The van der Waals surface area contributed by atoms with Crippen LogP contribution in [0.5, 0.6) is 0 Å². The van der Waals surface area contributed by atoms with E-state index in [2.05, 4.69) is 12.2 Å². The van der Waals surface area contributed by atoms with Crippen LogP contribution in [0, 0.1) is 0 Å². The summed E-state index contributed by atoms with van der Waals surface area (Å²) in [5, 5.41) is 15.0. The molecule has 1 rings (SSSR count). The summed E-state index contributed by atoms with van der Waals surface area (Å²) in [6.45, 7) is 4.83. The first-order chi connectivity index (χ1) is 8.83. The summed E-state index contributed by atoms with van der Waals surface area (Å²) >= 11 is 1.68. The average Bonchev–Trinajstić information content (AvgIpc) is 2.87. The molecule has 0 aliphatic heterocycles. The van der Waals surface area contributed by atoms with Crippen molar-refractivity contribution in [3.05, 3.63) is 22.4 Å². The molecule has 1 aromatic rings. The molecule has 0 radical (unpaired) electrons. The summed E-state index contributed by atoms with van der Waals surface area (Å²) in [4.78, 5) is 1.20. The number of nitrogens with one attached hydrogen (secondary N) is 1. The third-order valence-electron chi connectivity index (χ3n) is 2.72. The van der Waals surface area contributed by atoms with E-state index >= 15 is 0 Å². The van der Waals surface area contributed by atoms with E-state index in [1.807, 2.05) is 17.5 Å². The molecule has 104 valence electrons. The summed E-state index contributed by atoms with van der Waals surface area (Å²) in [5.74, 6) is 0. The van der Waals surface area contributed by atoms with E-state index in [9.17, 15) is 5.11 Å². The largest absolute Gasteiger partial charge is 0.389 e. The molecule has 0 aliphatic rings. The molecule has 0 unspecified atom stereocenters. The molecule has 18 heavy (non-hydrogen) atoms. The fraction of sp³-hybridized carbons (Fsp3) is 0.714. The van der Waals surface area contributed by atoms with E-state index < -0.39 is 6.10 Å². The van der Waals surface area contributed by atoms with Gasteiger partial charge in [0.05, 0.1) is 19.3 Å². The van der Waals surface area contributed by atoms with Gasteiger partial charge >= 0.3 is 0 Å². The minimum Gasteiger partial charge on any atom is -0.389 e. The molecule has 4 heteroatoms. The van der Waals surface area contributed by atoms with Crippen molar-refractivity contribution in [3.8, 4) is 0 Å². The van der Waals surface area contributed by atoms with Gasteiger partial charge in [0.2, 0.25) is 0 Å². The highest BCUT2D eigenvalue weighted by Crippen LogP contribution is 2.09. The minimum atomic E-state index is -0.406. The molecule has 1 atom stereocenters. The van der Waals surface area contributed by atoms with Gasteiger partial charge in [-0.1, -0.05) is 32.3 Å². The zero-order chi connectivity index (χ0) is 13.1. The maximum Gasteiger partial charge on any atom is 0.0897 e. The molecule has 0 aromatic carbocycles. The van der Waals surface area contributed by atoms with Gasteiger partial charge in [0.25, 0.3) is 0 Å². The normalized spacial score (nSPS) is 12.8. The molecule has 0 saturated heterocycles. The topological polar surface area (TPSA) is 41.5 Å². The third kappa shape index (κ3) is 7.82. The van der Waals surface area contributed by atoms with Crippen LogP contribution in [-0.4, -0.2) is 30.9 Å². The van der Waals surface area contributed by atoms with Gasteiger partial charge in [-0.3, -0.25) is 0 Å². The predicted molar refractivity (Wildman–Crippen MR) is 77.0 cm³/mol. The van der Waals surface area contributed by atoms with Crippen molar-refractivity contribution in [2.24, 2.45) is 0 Å². The second-order valence-electron chi connectivity index (χ2n) is 4.51. The van der Waals surface area contributed by atoms with Crippen LogP contribution >= 0.6 is 11.3 Å². The van der Waals surface area contributed by atoms with E-state index in [0.717, 1.165) is 6.54 Å². The number of unbranched alkanes of at least 4 members (excludes halogenated alkanes) is 3. The van der Waals surface area contributed by atoms with Crippen LogP contribution in [0.2, 0.25) is 0 Å². The molecule has 3 nitrogen and oxygen atoms in total. The first-order valence-corrected chi connectivity index (χ1v) is 7.69. The molecule has 0 bridgehead atoms. The van der Waals surface area contributed by atoms with Crippen molar-refractivity contribution in [1.82, 2.24) is 5.32 Å². The Bertz CT molecular complexity index is 277. The Hall–Kier alpha value is -0.420. The van der Waals surface area contributed by atoms with Crippen LogP contribution in [0.4, 0.5) is 0 Å². The summed E-state index contributed by atoms with van der Waals surface area (Å²) < 4.78 is 5.46. The van der Waals surface area contributed by atoms with Crippen LogP contribution in [0.1, 0.15) is 37.5 Å². The molecular weight excluding hydrogens is 246 g/mol. The monoisotopic (exact) mass is 271 g/mol. The minimum absolute atomic E-state index is 0.403. The molecule has 2 N–H and O–H groups in total. The number of ether oxygens (including phenoxy) is 1. The maximum atomic E-state index is 9.70. The Balaban J connectivity index is 1.89. The highest BCUT2D eigenvalue weighted by atomic mass is 32.1. The van der Waals surface area contributed by atoms with E-state index in [1.165, 1.54) is 30.6 Å². The van der Waals surface area contributed by atoms with Crippen molar-refractivity contribution < 1.29 is 9.84 Å². The van der Waals surface area contributed by atoms with E-state index in [0.29, 0.717) is 19.8 Å². The molecule has 1 aromatic heterocycles. The van der Waals surface area contributed by atoms with Crippen molar-refractivity contribution in [2.75, 3.05) is 19.7 Å². The second-order valence-corrected chi connectivity index (χ2v) is 5.55. The van der Waals surface area contributed by atoms with Gasteiger partial charge in [0.15, 0.2) is 0 Å². The fourth-order valence-corrected chi connectivity index (χ4v) is 2.34. The number of thiophene rings is 1. The molecule has 0 saturated carbocycles. The standard InChI is InChI=1S/C14H25NO2S/c1-2-3-4-5-8-15-10-13(16)11-17-12-14-7-6-9-18-14/h6-7,9,13,15-16H,2-5,8,10-12H2,1H3/t13-/m0/s1. The lowest BCUT2D eigenvalue weighted by molar-refractivity contribution is 0.0299. The van der Waals surface area contributed by atoms with Gasteiger partial charge in [-0.05, 0) is 24.4 Å². The Morgan fingerprint density at radius 3 is 3.00 bits per heavy atom. The lowest BCUT2D eigenvalue weighted by Crippen LogP contribution is -2.30. The smallest absolute Gasteiger partial charge is 0.0897 e. The number of hydrogen-bond acceptors (Lipinski definition) is 4. The Kier molecular flexibility index (Phi) is 9.12. The van der Waals surface area contributed by atoms with Crippen LogP contribution < -0.4 is 5.32 Å². The van der Waals surface area contributed by atoms with Crippen molar-refractivity contribution in [1.29, 1.82) is 0 Å². The first kappa shape index (κ1) is 15.6. The molecule has 0 aliphatic carbocycles. The second kappa shape index (κ2) is 10.5. The van der Waals surface area contributed by atoms with Crippen LogP contribution in [-0.2, 0) is 11.3 Å². The van der Waals surface area contributed by atoms with Crippen LogP contribution in [0.25, 0.3) is 0 Å². The lowest BCUT2D eigenvalue weighted by Gasteiger charge is -2.12. The third-order valence-corrected chi connectivity index (χ3v) is 3.57. The molecule has 0 spiro atoms. The van der Waals surface area contributed by atoms with Gasteiger partial charge < -0.3 is 15.2 Å². The Labute approximate surface area is 114 Å². The Morgan fingerprint density at radius 1 is 1.39 bits per heavy atom. The van der Waals surface area contributed by atoms with Gasteiger partial charge in [-0.25, -0.2) is 0 Å². The van der Waals surface area contributed by atoms with Gasteiger partial charge in [-0.15, -0.1) is 11.3 Å². The predicted octanol–water partition coefficient (Wildman–Crippen LogP) is 2.80. The molecule has 0 amide bonds. The molecular formula is C14H25NO2S. The van der Waals surface area contributed by atoms with Crippen molar-refractivity contribution in [3.63, 3.8) is 0 Å². The molecule has 0 fully saturated rings. The van der Waals surface area contributed by atoms with Crippen molar-refractivity contribution in [2.45, 2.75) is 45.3 Å². The Morgan fingerprint density at radius 2 is 2.28 bits per heavy atom. The van der Waals surface area contributed by atoms with Gasteiger partial charge in [0, 0.05) is 11.4 Å². The molecule has 1 heterocycles. The van der Waals surface area contributed by atoms with Gasteiger partial charge in [-0.2, -0.15) is 0 Å². The van der Waals surface area contributed by atoms with E-state index in [-0.39, 0.29) is 0 Å². The fourth-order valence-electron chi connectivity index (χ4n) is 1.69. The summed E-state index contributed by atoms with van der Waals surface area (Å²) in [5.41, 5.74) is 0. The number of aliphatic hydroxyl groups excluding tert-OH is 1. The lowest BCUT2D eigenvalue weighted by atomic mass is 10.2. The average molecular weight is 271 g/mol. The first-order valence-electron chi connectivity index (χ1n) is 6.81. The highest BCUT2D eigenvalue weighted by Gasteiger charge is 2.03. The maximum absolute atomic E-state index is 9.70. The highest BCUT2D eigenvalue weighted by molar-refractivity contribution is 7.09. The van der Waals surface area contributed by atoms with Crippen LogP contribution in [0.3, 0.4) is 0 Å². The zero-order valence-corrected chi connectivity index (χ0v) is 12.0. The van der Waals surface area contributed by atoms with Crippen LogP contribution in [0.15, 0.2) is 17.5 Å². The quantitative estimate of drug-likeness (QED) is 0.608. The van der Waals surface area contributed by atoms with Gasteiger partial charge in [0.1, 0.15) is 0 Å². The summed E-state index contributed by atoms with van der Waals surface area (Å²) in [7, 11) is 0. The SMILES string of the molecule is CCCCCCNC[C@H](O)COCc1cccs1. The number of rotatable bonds is 11. The number of hydrogen-bond donors (Lipinski definition) is 2. The number of aliphatic hydroxyl groups is 1. The summed E-state index contributed by atoms with van der Waals surface area (Å²) in [6, 6.07) is 4.06. The van der Waals surface area contributed by atoms with Crippen molar-refractivity contribution >= 4 is 11.3 Å². The van der Waals surface area contributed by atoms with E-state index in [4.69, 9.17) is 4.74 Å². The van der Waals surface area contributed by atoms with E-state index in [1.54, 1.807) is 11.3 Å².